The van der Waals surface area contributed by atoms with Gasteiger partial charge in [0.2, 0.25) is 0 Å². The normalized spacial score (nSPS) is 17.8. The lowest BCUT2D eigenvalue weighted by Gasteiger charge is -2.33. The molecule has 1 aliphatic heterocycles. The average Bonchev–Trinajstić information content (AvgIpc) is 2.18. The van der Waals surface area contributed by atoms with Crippen molar-refractivity contribution < 1.29 is 4.74 Å². The van der Waals surface area contributed by atoms with Gasteiger partial charge in [0.15, 0.2) is 0 Å². The maximum absolute atomic E-state index is 5.75. The van der Waals surface area contributed by atoms with Gasteiger partial charge in [-0.1, -0.05) is 13.8 Å². The van der Waals surface area contributed by atoms with E-state index in [-0.39, 0.29) is 11.5 Å². The number of hydrogen-bond donors (Lipinski definition) is 1. The van der Waals surface area contributed by atoms with Crippen LogP contribution < -0.4 is 10.1 Å². The summed E-state index contributed by atoms with van der Waals surface area (Å²) in [6.07, 6.45) is 1.41. The van der Waals surface area contributed by atoms with Gasteiger partial charge in [-0.2, -0.15) is 0 Å². The van der Waals surface area contributed by atoms with Crippen molar-refractivity contribution in [3.8, 4) is 5.75 Å². The summed E-state index contributed by atoms with van der Waals surface area (Å²) in [6, 6.07) is 6.36. The minimum Gasteiger partial charge on any atom is -0.491 e. The number of rotatable bonds is 2. The highest BCUT2D eigenvalue weighted by molar-refractivity contribution is 5.59. The van der Waals surface area contributed by atoms with E-state index in [0.29, 0.717) is 0 Å². The van der Waals surface area contributed by atoms with Gasteiger partial charge in [0, 0.05) is 12.2 Å². The second-order valence-corrected chi connectivity index (χ2v) is 5.43. The lowest BCUT2D eigenvalue weighted by molar-refractivity contribution is 0.241. The van der Waals surface area contributed by atoms with Gasteiger partial charge in [-0.25, -0.2) is 0 Å². The van der Waals surface area contributed by atoms with E-state index in [1.165, 1.54) is 17.7 Å². The number of hydrogen-bond acceptors (Lipinski definition) is 2. The Labute approximate surface area is 98.0 Å². The zero-order valence-electron chi connectivity index (χ0n) is 10.6. The fraction of sp³-hybridized carbons (Fsp3) is 0.571. The molecule has 0 fully saturated rings. The number of ether oxygens (including phenoxy) is 1. The van der Waals surface area contributed by atoms with Crippen LogP contribution >= 0.6 is 0 Å². The maximum atomic E-state index is 5.75. The molecule has 0 unspecified atom stereocenters. The number of fused-ring (bicyclic) bond motifs is 1. The van der Waals surface area contributed by atoms with Crippen molar-refractivity contribution >= 4 is 5.69 Å². The molecule has 0 aromatic heterocycles. The second kappa shape index (κ2) is 4.00. The third-order valence-corrected chi connectivity index (χ3v) is 3.16. The Bertz CT molecular complexity index is 382. The van der Waals surface area contributed by atoms with Crippen LogP contribution in [0, 0.1) is 0 Å². The molecule has 0 bridgehead atoms. The summed E-state index contributed by atoms with van der Waals surface area (Å²) in [5.41, 5.74) is 2.88. The Morgan fingerprint density at radius 2 is 2.06 bits per heavy atom. The summed E-state index contributed by atoms with van der Waals surface area (Å²) >= 11 is 0. The molecule has 1 aromatic carbocycles. The standard InChI is InChI=1S/C14H21NO/c1-10(2)16-11-5-6-13-12(9-11)14(3,4)7-8-15-13/h5-6,9-10,15H,7-8H2,1-4H3. The summed E-state index contributed by atoms with van der Waals surface area (Å²) < 4.78 is 5.75. The molecule has 2 rings (SSSR count). The van der Waals surface area contributed by atoms with Gasteiger partial charge in [-0.3, -0.25) is 0 Å². The number of nitrogens with one attached hydrogen (secondary N) is 1. The Balaban J connectivity index is 2.35. The van der Waals surface area contributed by atoms with Crippen LogP contribution in [0.25, 0.3) is 0 Å². The molecule has 1 aliphatic rings. The van der Waals surface area contributed by atoms with Gasteiger partial charge < -0.3 is 10.1 Å². The topological polar surface area (TPSA) is 21.3 Å². The summed E-state index contributed by atoms with van der Waals surface area (Å²) in [4.78, 5) is 0. The van der Waals surface area contributed by atoms with E-state index in [4.69, 9.17) is 4.74 Å². The first-order chi connectivity index (χ1) is 7.49. The molecule has 0 aliphatic carbocycles. The van der Waals surface area contributed by atoms with Crippen LogP contribution in [0.1, 0.15) is 39.7 Å². The van der Waals surface area contributed by atoms with Gasteiger partial charge in [0.1, 0.15) is 5.75 Å². The SMILES string of the molecule is CC(C)Oc1ccc2c(c1)C(C)(C)CCN2. The molecule has 2 nitrogen and oxygen atoms in total. The van der Waals surface area contributed by atoms with E-state index in [2.05, 4.69) is 45.1 Å². The molecule has 0 atom stereocenters. The zero-order valence-corrected chi connectivity index (χ0v) is 10.6. The first kappa shape index (κ1) is 11.3. The van der Waals surface area contributed by atoms with Crippen LogP contribution in [0.4, 0.5) is 5.69 Å². The molecule has 1 heterocycles. The fourth-order valence-electron chi connectivity index (χ4n) is 2.23. The number of benzene rings is 1. The molecule has 16 heavy (non-hydrogen) atoms. The van der Waals surface area contributed by atoms with E-state index in [1.54, 1.807) is 0 Å². The van der Waals surface area contributed by atoms with E-state index >= 15 is 0 Å². The third kappa shape index (κ3) is 2.16. The smallest absolute Gasteiger partial charge is 0.120 e. The highest BCUT2D eigenvalue weighted by Gasteiger charge is 2.27. The van der Waals surface area contributed by atoms with Crippen molar-refractivity contribution in [1.82, 2.24) is 0 Å². The van der Waals surface area contributed by atoms with Gasteiger partial charge in [-0.15, -0.1) is 0 Å². The van der Waals surface area contributed by atoms with E-state index < -0.39 is 0 Å². The molecule has 0 amide bonds. The Morgan fingerprint density at radius 3 is 2.75 bits per heavy atom. The van der Waals surface area contributed by atoms with Crippen LogP contribution in [-0.2, 0) is 5.41 Å². The molecule has 88 valence electrons. The molecule has 1 N–H and O–H groups in total. The van der Waals surface area contributed by atoms with Crippen molar-refractivity contribution in [3.63, 3.8) is 0 Å². The maximum Gasteiger partial charge on any atom is 0.120 e. The van der Waals surface area contributed by atoms with Crippen LogP contribution in [0.3, 0.4) is 0 Å². The van der Waals surface area contributed by atoms with Crippen molar-refractivity contribution in [2.24, 2.45) is 0 Å². The summed E-state index contributed by atoms with van der Waals surface area (Å²) in [6.45, 7) is 9.77. The first-order valence-electron chi connectivity index (χ1n) is 6.04. The van der Waals surface area contributed by atoms with Crippen molar-refractivity contribution in [1.29, 1.82) is 0 Å². The first-order valence-corrected chi connectivity index (χ1v) is 6.04. The molecule has 1 aromatic rings. The minimum atomic E-state index is 0.234. The lowest BCUT2D eigenvalue weighted by Crippen LogP contribution is -2.28. The van der Waals surface area contributed by atoms with Crippen LogP contribution in [0.5, 0.6) is 5.75 Å². The summed E-state index contributed by atoms with van der Waals surface area (Å²) in [7, 11) is 0. The van der Waals surface area contributed by atoms with Gasteiger partial charge in [0.25, 0.3) is 0 Å². The molecular formula is C14H21NO. The predicted molar refractivity (Wildman–Crippen MR) is 68.3 cm³/mol. The van der Waals surface area contributed by atoms with E-state index in [1.807, 2.05) is 6.07 Å². The fourth-order valence-corrected chi connectivity index (χ4v) is 2.23. The summed E-state index contributed by atoms with van der Waals surface area (Å²) in [5.74, 6) is 0.977. The van der Waals surface area contributed by atoms with Gasteiger partial charge in [-0.05, 0) is 49.4 Å². The monoisotopic (exact) mass is 219 g/mol. The van der Waals surface area contributed by atoms with Gasteiger partial charge >= 0.3 is 0 Å². The Kier molecular flexibility index (Phi) is 2.83. The molecule has 0 spiro atoms. The largest absolute Gasteiger partial charge is 0.491 e. The van der Waals surface area contributed by atoms with Crippen molar-refractivity contribution in [3.05, 3.63) is 23.8 Å². The van der Waals surface area contributed by atoms with E-state index in [9.17, 15) is 0 Å². The van der Waals surface area contributed by atoms with Crippen LogP contribution in [0.15, 0.2) is 18.2 Å². The summed E-state index contributed by atoms with van der Waals surface area (Å²) in [5, 5.41) is 3.44. The Hall–Kier alpha value is -1.18. The van der Waals surface area contributed by atoms with E-state index in [0.717, 1.165) is 12.3 Å². The van der Waals surface area contributed by atoms with Crippen molar-refractivity contribution in [2.75, 3.05) is 11.9 Å². The molecular weight excluding hydrogens is 198 g/mol. The molecule has 0 saturated carbocycles. The third-order valence-electron chi connectivity index (χ3n) is 3.16. The Morgan fingerprint density at radius 1 is 1.31 bits per heavy atom. The quantitative estimate of drug-likeness (QED) is 0.821. The molecule has 0 radical (unpaired) electrons. The lowest BCUT2D eigenvalue weighted by atomic mass is 9.78. The molecule has 2 heteroatoms. The van der Waals surface area contributed by atoms with Crippen LogP contribution in [0.2, 0.25) is 0 Å². The highest BCUT2D eigenvalue weighted by Crippen LogP contribution is 2.38. The average molecular weight is 219 g/mol. The van der Waals surface area contributed by atoms with Crippen molar-refractivity contribution in [2.45, 2.75) is 45.6 Å². The second-order valence-electron chi connectivity index (χ2n) is 5.43. The van der Waals surface area contributed by atoms with Crippen LogP contribution in [-0.4, -0.2) is 12.6 Å². The predicted octanol–water partition coefficient (Wildman–Crippen LogP) is 3.57. The highest BCUT2D eigenvalue weighted by atomic mass is 16.5. The zero-order chi connectivity index (χ0) is 11.8. The molecule has 0 saturated heterocycles. The minimum absolute atomic E-state index is 0.234. The number of anilines is 1. The van der Waals surface area contributed by atoms with Gasteiger partial charge in [0.05, 0.1) is 6.10 Å².